The molecule has 0 spiro atoms. The number of esters is 1. The van der Waals surface area contributed by atoms with Crippen molar-refractivity contribution in [2.24, 2.45) is 0 Å². The van der Waals surface area contributed by atoms with E-state index in [1.807, 2.05) is 24.3 Å². The number of H-pyrrole nitrogens is 2. The van der Waals surface area contributed by atoms with E-state index in [9.17, 15) is 14.4 Å². The van der Waals surface area contributed by atoms with Crippen molar-refractivity contribution in [1.29, 1.82) is 0 Å². The van der Waals surface area contributed by atoms with Crippen LogP contribution in [-0.2, 0) is 9.53 Å². The van der Waals surface area contributed by atoms with Gasteiger partial charge in [0.05, 0.1) is 24.2 Å². The topological polar surface area (TPSA) is 104 Å². The zero-order valence-electron chi connectivity index (χ0n) is 12.9. The molecule has 1 aromatic carbocycles. The van der Waals surface area contributed by atoms with E-state index in [0.29, 0.717) is 11.3 Å². The molecule has 0 amide bonds. The molecule has 0 saturated carbocycles. The monoisotopic (exact) mass is 391 g/mol. The molecule has 0 fully saturated rings. The number of nitrogens with one attached hydrogen (secondary N) is 3. The Morgan fingerprint density at radius 1 is 1.17 bits per heavy atom. The van der Waals surface area contributed by atoms with Gasteiger partial charge in [-0.25, -0.2) is 9.59 Å². The number of hydrogen-bond donors (Lipinski definition) is 3. The standard InChI is InChI=1S/C16H14BrN3O4/c1-7-10(15(22)24-2)11(8-3-5-9(17)6-4-8)12-13(18-7)19-16(23)20-14(12)21/h3-6,11H,1-2H3,(H3,18,19,20,21,23). The number of aromatic amines is 2. The molecule has 8 heteroatoms. The summed E-state index contributed by atoms with van der Waals surface area (Å²) in [6, 6.07) is 7.26. The highest BCUT2D eigenvalue weighted by Crippen LogP contribution is 2.39. The van der Waals surface area contributed by atoms with Crippen LogP contribution < -0.4 is 16.6 Å². The summed E-state index contributed by atoms with van der Waals surface area (Å²) in [6.45, 7) is 1.69. The van der Waals surface area contributed by atoms with E-state index in [1.54, 1.807) is 6.92 Å². The van der Waals surface area contributed by atoms with Gasteiger partial charge in [0, 0.05) is 10.2 Å². The minimum Gasteiger partial charge on any atom is -0.466 e. The smallest absolute Gasteiger partial charge is 0.336 e. The van der Waals surface area contributed by atoms with Gasteiger partial charge in [-0.3, -0.25) is 14.8 Å². The Balaban J connectivity index is 2.31. The van der Waals surface area contributed by atoms with E-state index in [4.69, 9.17) is 4.74 Å². The number of allylic oxidation sites excluding steroid dienone is 1. The summed E-state index contributed by atoms with van der Waals surface area (Å²) < 4.78 is 5.76. The highest BCUT2D eigenvalue weighted by Gasteiger charge is 2.35. The second-order valence-electron chi connectivity index (χ2n) is 5.34. The van der Waals surface area contributed by atoms with Crippen molar-refractivity contribution < 1.29 is 9.53 Å². The normalized spacial score (nSPS) is 16.4. The Bertz CT molecular complexity index is 957. The third-order valence-electron chi connectivity index (χ3n) is 3.88. The number of aromatic nitrogens is 2. The molecule has 1 aromatic heterocycles. The first-order valence-corrected chi connectivity index (χ1v) is 7.89. The van der Waals surface area contributed by atoms with E-state index in [1.165, 1.54) is 7.11 Å². The molecule has 1 atom stereocenters. The average Bonchev–Trinajstić information content (AvgIpc) is 2.53. The maximum Gasteiger partial charge on any atom is 0.336 e. The molecule has 0 radical (unpaired) electrons. The van der Waals surface area contributed by atoms with Gasteiger partial charge < -0.3 is 10.1 Å². The van der Waals surface area contributed by atoms with Gasteiger partial charge in [0.15, 0.2) is 0 Å². The van der Waals surface area contributed by atoms with Gasteiger partial charge >= 0.3 is 11.7 Å². The van der Waals surface area contributed by atoms with Crippen LogP contribution in [0.15, 0.2) is 49.6 Å². The van der Waals surface area contributed by atoms with E-state index in [-0.39, 0.29) is 11.4 Å². The van der Waals surface area contributed by atoms with E-state index in [2.05, 4.69) is 31.2 Å². The molecule has 124 valence electrons. The summed E-state index contributed by atoms with van der Waals surface area (Å²) in [5.74, 6) is -0.909. The molecular formula is C16H14BrN3O4. The maximum atomic E-state index is 12.4. The highest BCUT2D eigenvalue weighted by atomic mass is 79.9. The Labute approximate surface area is 144 Å². The Morgan fingerprint density at radius 3 is 2.46 bits per heavy atom. The van der Waals surface area contributed by atoms with Gasteiger partial charge in [-0.2, -0.15) is 0 Å². The molecule has 1 unspecified atom stereocenters. The van der Waals surface area contributed by atoms with Crippen LogP contribution in [0.4, 0.5) is 5.82 Å². The zero-order chi connectivity index (χ0) is 17.4. The average molecular weight is 392 g/mol. The summed E-state index contributed by atoms with van der Waals surface area (Å²) >= 11 is 3.36. The molecule has 24 heavy (non-hydrogen) atoms. The predicted molar refractivity (Wildman–Crippen MR) is 92.0 cm³/mol. The molecule has 2 aromatic rings. The molecule has 2 heterocycles. The van der Waals surface area contributed by atoms with Crippen LogP contribution in [0, 0.1) is 0 Å². The van der Waals surface area contributed by atoms with Gasteiger partial charge in [-0.1, -0.05) is 28.1 Å². The molecule has 3 N–H and O–H groups in total. The zero-order valence-corrected chi connectivity index (χ0v) is 14.5. The maximum absolute atomic E-state index is 12.4. The number of fused-ring (bicyclic) bond motifs is 1. The second kappa shape index (κ2) is 6.12. The number of anilines is 1. The third kappa shape index (κ3) is 2.69. The second-order valence-corrected chi connectivity index (χ2v) is 6.25. The number of carbonyl (C=O) groups is 1. The first-order valence-electron chi connectivity index (χ1n) is 7.10. The number of halogens is 1. The van der Waals surface area contributed by atoms with Crippen molar-refractivity contribution in [3.05, 3.63) is 72.0 Å². The molecule has 1 aliphatic rings. The van der Waals surface area contributed by atoms with Gasteiger partial charge in [0.1, 0.15) is 5.82 Å². The number of hydrogen-bond acceptors (Lipinski definition) is 5. The minimum absolute atomic E-state index is 0.267. The summed E-state index contributed by atoms with van der Waals surface area (Å²) in [4.78, 5) is 41.0. The molecule has 1 aliphatic heterocycles. The SMILES string of the molecule is COC(=O)C1=C(C)Nc2[nH]c(=O)[nH]c(=O)c2C1c1ccc(Br)cc1. The summed E-state index contributed by atoms with van der Waals surface area (Å²) in [5, 5.41) is 2.91. The molecular weight excluding hydrogens is 378 g/mol. The van der Waals surface area contributed by atoms with Crippen LogP contribution >= 0.6 is 15.9 Å². The molecule has 3 rings (SSSR count). The number of carbonyl (C=O) groups excluding carboxylic acids is 1. The number of methoxy groups -OCH3 is 1. The van der Waals surface area contributed by atoms with Gasteiger partial charge in [0.2, 0.25) is 0 Å². The summed E-state index contributed by atoms with van der Waals surface area (Å²) in [5.41, 5.74) is 0.674. The van der Waals surface area contributed by atoms with Gasteiger partial charge in [0.25, 0.3) is 5.56 Å². The number of rotatable bonds is 2. The predicted octanol–water partition coefficient (Wildman–Crippen LogP) is 1.83. The lowest BCUT2D eigenvalue weighted by molar-refractivity contribution is -0.136. The molecule has 0 saturated heterocycles. The van der Waals surface area contributed by atoms with E-state index >= 15 is 0 Å². The van der Waals surface area contributed by atoms with Gasteiger partial charge in [-0.15, -0.1) is 0 Å². The van der Waals surface area contributed by atoms with Crippen molar-refractivity contribution in [2.45, 2.75) is 12.8 Å². The Kier molecular flexibility index (Phi) is 4.15. The summed E-state index contributed by atoms with van der Waals surface area (Å²) in [7, 11) is 1.29. The fourth-order valence-electron chi connectivity index (χ4n) is 2.86. The lowest BCUT2D eigenvalue weighted by Gasteiger charge is -2.28. The molecule has 0 bridgehead atoms. The number of ether oxygens (including phenoxy) is 1. The van der Waals surface area contributed by atoms with Crippen molar-refractivity contribution in [3.63, 3.8) is 0 Å². The van der Waals surface area contributed by atoms with Gasteiger partial charge in [-0.05, 0) is 24.6 Å². The van der Waals surface area contributed by atoms with Crippen LogP contribution in [0.3, 0.4) is 0 Å². The van der Waals surface area contributed by atoms with Crippen molar-refractivity contribution in [3.8, 4) is 0 Å². The molecule has 0 aliphatic carbocycles. The Morgan fingerprint density at radius 2 is 1.83 bits per heavy atom. The first kappa shape index (κ1) is 16.3. The van der Waals surface area contributed by atoms with E-state index < -0.39 is 23.1 Å². The quantitative estimate of drug-likeness (QED) is 0.677. The Hall–Kier alpha value is -2.61. The third-order valence-corrected chi connectivity index (χ3v) is 4.41. The largest absolute Gasteiger partial charge is 0.466 e. The minimum atomic E-state index is -0.651. The fourth-order valence-corrected chi connectivity index (χ4v) is 3.12. The number of benzene rings is 1. The fraction of sp³-hybridized carbons (Fsp3) is 0.188. The van der Waals surface area contributed by atoms with Crippen LogP contribution in [0.25, 0.3) is 0 Å². The van der Waals surface area contributed by atoms with Crippen LogP contribution in [0.2, 0.25) is 0 Å². The van der Waals surface area contributed by atoms with Crippen LogP contribution in [0.5, 0.6) is 0 Å². The van der Waals surface area contributed by atoms with Crippen LogP contribution in [-0.4, -0.2) is 23.0 Å². The summed E-state index contributed by atoms with van der Waals surface area (Å²) in [6.07, 6.45) is 0. The lowest BCUT2D eigenvalue weighted by Crippen LogP contribution is -2.34. The molecule has 7 nitrogen and oxygen atoms in total. The van der Waals surface area contributed by atoms with Crippen molar-refractivity contribution in [2.75, 3.05) is 12.4 Å². The first-order chi connectivity index (χ1) is 11.4. The van der Waals surface area contributed by atoms with Crippen LogP contribution in [0.1, 0.15) is 24.0 Å². The van der Waals surface area contributed by atoms with Crippen molar-refractivity contribution in [1.82, 2.24) is 9.97 Å². The van der Waals surface area contributed by atoms with E-state index in [0.717, 1.165) is 10.0 Å². The lowest BCUT2D eigenvalue weighted by atomic mass is 9.82. The highest BCUT2D eigenvalue weighted by molar-refractivity contribution is 9.10. The van der Waals surface area contributed by atoms with Crippen molar-refractivity contribution >= 4 is 27.7 Å².